The Morgan fingerprint density at radius 2 is 1.78 bits per heavy atom. The highest BCUT2D eigenvalue weighted by Crippen LogP contribution is 2.32. The summed E-state index contributed by atoms with van der Waals surface area (Å²) in [7, 11) is 0. The lowest BCUT2D eigenvalue weighted by molar-refractivity contribution is -0.132. The molecule has 6 rings (SSSR count). The van der Waals surface area contributed by atoms with E-state index in [1.165, 1.54) is 0 Å². The number of benzene rings is 2. The predicted molar refractivity (Wildman–Crippen MR) is 173 cm³/mol. The van der Waals surface area contributed by atoms with Crippen LogP contribution in [0.4, 0.5) is 0 Å². The quantitative estimate of drug-likeness (QED) is 0.226. The largest absolute Gasteiger partial charge is 0.391 e. The second-order valence-electron chi connectivity index (χ2n) is 12.0. The molecule has 1 aliphatic heterocycles. The molecule has 2 aliphatic rings. The molecule has 4 aromatic rings. The maximum Gasteiger partial charge on any atom is 0.307 e. The Balaban J connectivity index is 1.28. The van der Waals surface area contributed by atoms with Gasteiger partial charge in [-0.1, -0.05) is 67.0 Å². The van der Waals surface area contributed by atoms with Gasteiger partial charge in [0.1, 0.15) is 5.65 Å². The Kier molecular flexibility index (Phi) is 9.63. The van der Waals surface area contributed by atoms with Gasteiger partial charge in [0.15, 0.2) is 5.84 Å². The van der Waals surface area contributed by atoms with Crippen molar-refractivity contribution in [2.24, 2.45) is 5.16 Å². The highest BCUT2D eigenvalue weighted by atomic mass is 16.8. The molecule has 10 nitrogen and oxygen atoms in total. The summed E-state index contributed by atoms with van der Waals surface area (Å²) in [6.45, 7) is 6.65. The highest BCUT2D eigenvalue weighted by molar-refractivity contribution is 6.04. The Hall–Kier alpha value is -3.99. The van der Waals surface area contributed by atoms with E-state index in [1.54, 1.807) is 13.1 Å². The summed E-state index contributed by atoms with van der Waals surface area (Å²) in [5, 5.41) is 21.7. The molecular formula is C35H43N5O5. The Morgan fingerprint density at radius 1 is 1.02 bits per heavy atom. The topological polar surface area (TPSA) is 112 Å². The van der Waals surface area contributed by atoms with E-state index >= 15 is 0 Å². The molecule has 1 fully saturated rings. The van der Waals surface area contributed by atoms with Crippen molar-refractivity contribution in [3.05, 3.63) is 93.5 Å². The molecule has 2 atom stereocenters. The minimum atomic E-state index is -0.590. The average molecular weight is 614 g/mol. The zero-order chi connectivity index (χ0) is 31.3. The minimum Gasteiger partial charge on any atom is -0.391 e. The monoisotopic (exact) mass is 613 g/mol. The number of ether oxygens (including phenoxy) is 2. The summed E-state index contributed by atoms with van der Waals surface area (Å²) >= 11 is 0. The van der Waals surface area contributed by atoms with Crippen LogP contribution in [0.5, 0.6) is 0 Å². The molecule has 0 amide bonds. The van der Waals surface area contributed by atoms with Gasteiger partial charge in [-0.15, -0.1) is 0 Å². The molecule has 2 aromatic carbocycles. The lowest BCUT2D eigenvalue weighted by Crippen LogP contribution is -2.35. The van der Waals surface area contributed by atoms with Gasteiger partial charge < -0.3 is 24.7 Å². The van der Waals surface area contributed by atoms with Crippen molar-refractivity contribution in [3.8, 4) is 11.1 Å². The Morgan fingerprint density at radius 3 is 2.49 bits per heavy atom. The number of fused-ring (bicyclic) bond motifs is 1. The van der Waals surface area contributed by atoms with Gasteiger partial charge in [-0.25, -0.2) is 4.52 Å². The van der Waals surface area contributed by atoms with E-state index in [4.69, 9.17) is 14.3 Å². The van der Waals surface area contributed by atoms with E-state index in [9.17, 15) is 9.90 Å². The number of aliphatic hydroxyl groups excluding tert-OH is 1. The van der Waals surface area contributed by atoms with Crippen LogP contribution in [0.3, 0.4) is 0 Å². The molecule has 10 heteroatoms. The third kappa shape index (κ3) is 6.68. The van der Waals surface area contributed by atoms with Crippen molar-refractivity contribution >= 4 is 11.5 Å². The van der Waals surface area contributed by atoms with E-state index in [2.05, 4.69) is 52.8 Å². The molecule has 0 saturated heterocycles. The summed E-state index contributed by atoms with van der Waals surface area (Å²) < 4.78 is 15.4. The number of aliphatic hydroxyl groups is 1. The second kappa shape index (κ2) is 14.0. The Bertz CT molecular complexity index is 1690. The van der Waals surface area contributed by atoms with Crippen LogP contribution < -0.4 is 10.9 Å². The number of nitrogens with zero attached hydrogens (tertiary/aromatic N) is 4. The van der Waals surface area contributed by atoms with Gasteiger partial charge in [-0.05, 0) is 62.6 Å². The molecule has 1 saturated carbocycles. The molecule has 2 aromatic heterocycles. The number of nitrogens with one attached hydrogen (secondary N) is 1. The molecule has 238 valence electrons. The van der Waals surface area contributed by atoms with Gasteiger partial charge >= 0.3 is 6.41 Å². The summed E-state index contributed by atoms with van der Waals surface area (Å²) in [6, 6.07) is 18.5. The zero-order valence-electron chi connectivity index (χ0n) is 26.3. The number of hydrogen-bond acceptors (Lipinski definition) is 8. The normalized spacial score (nSPS) is 20.5. The van der Waals surface area contributed by atoms with Gasteiger partial charge in [-0.3, -0.25) is 9.36 Å². The van der Waals surface area contributed by atoms with Crippen molar-refractivity contribution in [2.75, 3.05) is 13.2 Å². The van der Waals surface area contributed by atoms with Crippen LogP contribution in [0, 0.1) is 0 Å². The number of aromatic nitrogens is 3. The fourth-order valence-corrected chi connectivity index (χ4v) is 6.52. The fourth-order valence-electron chi connectivity index (χ4n) is 6.52. The Labute approximate surface area is 263 Å². The van der Waals surface area contributed by atoms with Crippen molar-refractivity contribution < 1.29 is 19.4 Å². The molecule has 0 radical (unpaired) electrons. The van der Waals surface area contributed by atoms with Crippen molar-refractivity contribution in [2.45, 2.75) is 90.4 Å². The lowest BCUT2D eigenvalue weighted by Gasteiger charge is -2.31. The zero-order valence-corrected chi connectivity index (χ0v) is 26.3. The highest BCUT2D eigenvalue weighted by Gasteiger charge is 2.28. The number of rotatable bonds is 12. The average Bonchev–Trinajstić information content (AvgIpc) is 3.73. The van der Waals surface area contributed by atoms with Gasteiger partial charge in [0.25, 0.3) is 5.56 Å². The van der Waals surface area contributed by atoms with Crippen molar-refractivity contribution in [3.63, 3.8) is 0 Å². The lowest BCUT2D eigenvalue weighted by atomic mass is 9.92. The van der Waals surface area contributed by atoms with Gasteiger partial charge in [0, 0.05) is 36.3 Å². The molecule has 0 spiro atoms. The van der Waals surface area contributed by atoms with Crippen LogP contribution in [0.15, 0.2) is 70.7 Å². The van der Waals surface area contributed by atoms with E-state index < -0.39 is 12.5 Å². The first kappa shape index (κ1) is 31.0. The van der Waals surface area contributed by atoms with Crippen LogP contribution in [0.25, 0.3) is 16.8 Å². The summed E-state index contributed by atoms with van der Waals surface area (Å²) in [5.41, 5.74) is 6.77. The van der Waals surface area contributed by atoms with E-state index in [-0.39, 0.29) is 17.7 Å². The second-order valence-corrected chi connectivity index (χ2v) is 12.0. The van der Waals surface area contributed by atoms with Crippen LogP contribution in [-0.2, 0) is 27.2 Å². The number of oxime groups is 1. The molecule has 1 aliphatic carbocycles. The molecule has 0 bridgehead atoms. The molecule has 2 N–H and O–H groups in total. The third-order valence-corrected chi connectivity index (χ3v) is 8.66. The van der Waals surface area contributed by atoms with Gasteiger partial charge in [0.2, 0.25) is 0 Å². The standard InChI is InChI=1S/C35H43N5O5/c1-4-8-31-30(34(42)39(32-19-20-36-40(31)32)26-15-17-27(18-16-26)44-22-23(3)41)21-24-11-13-25(14-12-24)28-9-6-7-10-29(28)33-37-35(43-5-2)45-38-33/h6-7,9-14,19-20,23,26-27,35,41H,4-5,8,15-18,21-22H2,1-3H3,(H,37,38)/t23?,26-,27-,35?. The molecule has 3 heterocycles. The van der Waals surface area contributed by atoms with Crippen molar-refractivity contribution in [1.82, 2.24) is 19.5 Å². The van der Waals surface area contributed by atoms with Crippen LogP contribution >= 0.6 is 0 Å². The minimum absolute atomic E-state index is 0.0726. The van der Waals surface area contributed by atoms with Gasteiger partial charge in [0.05, 0.1) is 30.7 Å². The molecule has 45 heavy (non-hydrogen) atoms. The van der Waals surface area contributed by atoms with Crippen LogP contribution in [0.1, 0.15) is 81.3 Å². The summed E-state index contributed by atoms with van der Waals surface area (Å²) in [5.74, 6) is 0.633. The first-order valence-electron chi connectivity index (χ1n) is 16.2. The molecule has 2 unspecified atom stereocenters. The number of amidine groups is 1. The van der Waals surface area contributed by atoms with Crippen molar-refractivity contribution in [1.29, 1.82) is 0 Å². The smallest absolute Gasteiger partial charge is 0.307 e. The number of hydrogen-bond donors (Lipinski definition) is 2. The van der Waals surface area contributed by atoms with E-state index in [1.807, 2.05) is 40.3 Å². The van der Waals surface area contributed by atoms with Crippen LogP contribution in [-0.4, -0.2) is 57.0 Å². The number of aryl methyl sites for hydroxylation is 1. The van der Waals surface area contributed by atoms with Crippen LogP contribution in [0.2, 0.25) is 0 Å². The summed E-state index contributed by atoms with van der Waals surface area (Å²) in [6.07, 6.45) is 6.48. The first-order valence-corrected chi connectivity index (χ1v) is 16.2. The SMILES string of the molecule is CCCc1c(Cc2ccc(-c3ccccc3C3=NOC(OCC)N3)cc2)c(=O)n([C@H]2CC[C@H](OCC(C)O)CC2)c2ccnn12. The maximum absolute atomic E-state index is 14.3. The first-order chi connectivity index (χ1) is 22.0. The predicted octanol–water partition coefficient (Wildman–Crippen LogP) is 5.19. The maximum atomic E-state index is 14.3. The summed E-state index contributed by atoms with van der Waals surface area (Å²) in [4.78, 5) is 19.7. The van der Waals surface area contributed by atoms with E-state index in [0.717, 1.165) is 77.7 Å². The third-order valence-electron chi connectivity index (χ3n) is 8.66. The van der Waals surface area contributed by atoms with Gasteiger partial charge in [-0.2, -0.15) is 5.10 Å². The van der Waals surface area contributed by atoms with E-state index in [0.29, 0.717) is 25.5 Å². The fraction of sp³-hybridized carbons (Fsp3) is 0.457. The molecular weight excluding hydrogens is 570 g/mol.